The third-order valence-electron chi connectivity index (χ3n) is 26.5. The summed E-state index contributed by atoms with van der Waals surface area (Å²) >= 11 is 15.8. The number of halogens is 8. The molecule has 13 heterocycles. The van der Waals surface area contributed by atoms with Gasteiger partial charge in [-0.2, -0.15) is 79.1 Å². The monoisotopic (exact) mass is 2100 g/mol. The molecular formula is C101H110Cl3F5N30O10. The van der Waals surface area contributed by atoms with E-state index in [-0.39, 0.29) is 155 Å². The molecule has 19 rings (SSSR count). The predicted octanol–water partition coefficient (Wildman–Crippen LogP) is 14.5. The number of carbonyl (C=O) groups excluding carboxylic acids is 5. The first-order chi connectivity index (χ1) is 72.2. The molecule has 4 saturated heterocycles. The number of benzene rings is 4. The third-order valence-corrected chi connectivity index (χ3v) is 27.1. The highest BCUT2D eigenvalue weighted by molar-refractivity contribution is 6.31. The van der Waals surface area contributed by atoms with E-state index in [1.165, 1.54) is 18.7 Å². The summed E-state index contributed by atoms with van der Waals surface area (Å²) in [7, 11) is 0. The number of tetrazole rings is 1. The van der Waals surface area contributed by atoms with Gasteiger partial charge in [0.15, 0.2) is 37.4 Å². The number of aliphatic hydroxyl groups is 1. The molecule has 2 aliphatic carbocycles. The molecule has 1 unspecified atom stereocenters. The second-order valence-corrected chi connectivity index (χ2v) is 36.5. The first kappa shape index (κ1) is 112. The summed E-state index contributed by atoms with van der Waals surface area (Å²) in [5.74, 6) is -2.05. The highest BCUT2D eigenvalue weighted by atomic mass is 35.5. The van der Waals surface area contributed by atoms with Gasteiger partial charge in [0.1, 0.15) is 30.6 Å². The number of amides is 4. The molecule has 2 saturated carbocycles. The molecule has 4 amide bonds. The standard InChI is InChI=1S/C21H22FN9O2.2C21H21FN6O2.C15H21N3O.C11H18O.C6H3ClFN3O.C4HCl2FN2.C2H3NO/c22-16-12-23-21(25-19(16)33-13-18-26-28-29-27-18)30-10-7-15(8-11-30)20(32)31-17(6-9-24-31)14-4-2-1-3-5-14;2*22-17-14-24-21(26-19(17)30-13-9-23)27-11-7-16(8-12-27)20(29)28-18(6-10-25-28)15-4-2-1-3-5-15;16-9-6-14(12-4-2-1-3-5-12)18-15(19)13-7-10-17-11-8-13;1-4-11-6-5-8(7-9(11)12)10(11,2)3;7-6-10-3-4(8)5(11-6)12-2-1-9;5-3-2(7)1-8-4(6)9-3;3-1-2-4/h1-5,9,12,15,17H,6-8,10-11,13H2,(H,26,27,28,29);2*1-5,10,14,16,18H,6-8,11-13H2;1-5,9,13-14,16-17H,6-8,10-11H2,(H,18,19);8H,4-7H2,1-3H3;3H,2H2;1H;4H,2H2/t17-;2*18-;14-;8?,11-;;;/m00000.../s1. The number of nitrogens with one attached hydrogen (secondary N) is 4. The number of aromatic amines is 1. The second-order valence-electron chi connectivity index (χ2n) is 35.5. The zero-order chi connectivity index (χ0) is 106. The van der Waals surface area contributed by atoms with Crippen LogP contribution in [0.15, 0.2) is 168 Å². The maximum Gasteiger partial charge on any atom is 0.256 e. The highest BCUT2D eigenvalue weighted by Crippen LogP contribution is 2.65. The van der Waals surface area contributed by atoms with Gasteiger partial charge < -0.3 is 54.8 Å². The van der Waals surface area contributed by atoms with Crippen LogP contribution in [0.3, 0.4) is 0 Å². The number of H-pyrrole nitrogens is 1. The quantitative estimate of drug-likeness (QED) is 0.0123. The van der Waals surface area contributed by atoms with Crippen LogP contribution in [-0.4, -0.2) is 224 Å². The van der Waals surface area contributed by atoms with Gasteiger partial charge in [-0.3, -0.25) is 24.0 Å². The van der Waals surface area contributed by atoms with Crippen LogP contribution in [0.25, 0.3) is 0 Å². The summed E-state index contributed by atoms with van der Waals surface area (Å²) in [6.45, 7) is 10.7. The predicted molar refractivity (Wildman–Crippen MR) is 537 cm³/mol. The minimum atomic E-state index is -0.741. The lowest BCUT2D eigenvalue weighted by molar-refractivity contribution is -0.138. The van der Waals surface area contributed by atoms with Crippen LogP contribution in [0.2, 0.25) is 15.7 Å². The number of hydrazone groups is 3. The van der Waals surface area contributed by atoms with Gasteiger partial charge in [0.25, 0.3) is 23.5 Å². The van der Waals surface area contributed by atoms with Crippen molar-refractivity contribution < 1.29 is 70.0 Å². The minimum Gasteiger partial charge on any atom is -0.467 e. The van der Waals surface area contributed by atoms with Crippen molar-refractivity contribution in [1.29, 1.82) is 26.5 Å². The summed E-state index contributed by atoms with van der Waals surface area (Å²) in [4.78, 5) is 107. The van der Waals surface area contributed by atoms with Gasteiger partial charge >= 0.3 is 0 Å². The first-order valence-electron chi connectivity index (χ1n) is 48.2. The maximum absolute atomic E-state index is 14.1. The van der Waals surface area contributed by atoms with E-state index in [0.717, 1.165) is 98.4 Å². The molecule has 149 heavy (non-hydrogen) atoms. The molecule has 780 valence electrons. The molecule has 4 aromatic carbocycles. The maximum atomic E-state index is 14.1. The van der Waals surface area contributed by atoms with Crippen LogP contribution in [-0.2, 0) is 30.6 Å². The number of anilines is 3. The SMILES string of the molecule is CC[C@]12CCC(CC1=O)C2(C)C.Fc1cnc(Cl)nc1Cl.N#CCO.N#CCOc1nc(Cl)ncc1F.N#CCOc1nc(N2CCC(C(=O)N3N=CC[C@H]3c3ccccc3)CC2)ncc1F.N#CCOc1nc(N2CCC(C(=O)N3N=CC[C@H]3c3ccccc3)CC2)ncc1F.N=CC[C@H](NC(=O)C1CCNCC1)c1ccccc1.O=C(C1CCN(c2ncc(F)c(OCc3nn[nH]n3)n2)CC1)N1N=CC[C@H]1c1ccccc1. The van der Waals surface area contributed by atoms with Crippen molar-refractivity contribution in [3.8, 4) is 47.8 Å². The normalized spacial score (nSPS) is 19.0. The number of carbonyl (C=O) groups is 5. The minimum absolute atomic E-state index is 0.0234. The number of aliphatic hydroxyl groups excluding tert-OH is 1. The van der Waals surface area contributed by atoms with E-state index in [0.29, 0.717) is 138 Å². The summed E-state index contributed by atoms with van der Waals surface area (Å²) in [5, 5.41) is 84.5. The number of nitrogens with zero attached hydrogens (tertiary/aromatic N) is 26. The van der Waals surface area contributed by atoms with Crippen LogP contribution in [0.4, 0.5) is 39.8 Å². The lowest BCUT2D eigenvalue weighted by Gasteiger charge is -2.35. The van der Waals surface area contributed by atoms with E-state index < -0.39 is 29.1 Å². The smallest absolute Gasteiger partial charge is 0.256 e. The average Bonchev–Trinajstić information content (AvgIpc) is 1.55. The van der Waals surface area contributed by atoms with Crippen LogP contribution in [0.5, 0.6) is 23.5 Å². The van der Waals surface area contributed by atoms with E-state index in [1.807, 2.05) is 136 Å². The van der Waals surface area contributed by atoms with E-state index in [4.69, 9.17) is 80.6 Å². The van der Waals surface area contributed by atoms with E-state index in [2.05, 4.69) is 122 Å². The molecule has 48 heteroatoms. The van der Waals surface area contributed by atoms with E-state index >= 15 is 0 Å². The van der Waals surface area contributed by atoms with Gasteiger partial charge in [-0.05, 0) is 147 Å². The van der Waals surface area contributed by atoms with Gasteiger partial charge in [0, 0.05) is 119 Å². The van der Waals surface area contributed by atoms with Crippen molar-refractivity contribution in [2.24, 2.45) is 55.7 Å². The molecule has 10 aromatic rings. The second kappa shape index (κ2) is 56.5. The molecule has 9 aliphatic rings. The number of ketones is 1. The lowest BCUT2D eigenvalue weighted by Crippen LogP contribution is -2.41. The van der Waals surface area contributed by atoms with Gasteiger partial charge in [0.05, 0.1) is 61.2 Å². The molecule has 6 aromatic heterocycles. The Kier molecular flexibility index (Phi) is 42.6. The molecule has 0 spiro atoms. The number of rotatable bonds is 24. The number of piperidine rings is 4. The van der Waals surface area contributed by atoms with Crippen molar-refractivity contribution in [2.45, 2.75) is 154 Å². The molecule has 7 aliphatic heterocycles. The zero-order valence-corrected chi connectivity index (χ0v) is 84.0. The average molecular weight is 2110 g/mol. The Balaban J connectivity index is 0.000000159. The Morgan fingerprint density at radius 3 is 1.23 bits per heavy atom. The van der Waals surface area contributed by atoms with Gasteiger partial charge in [0.2, 0.25) is 81.1 Å². The van der Waals surface area contributed by atoms with Crippen molar-refractivity contribution >= 4 is 107 Å². The number of aromatic nitrogens is 14. The van der Waals surface area contributed by atoms with Crippen molar-refractivity contribution in [2.75, 3.05) is 93.5 Å². The van der Waals surface area contributed by atoms with Gasteiger partial charge in [-0.25, -0.2) is 49.3 Å². The Morgan fingerprint density at radius 1 is 0.517 bits per heavy atom. The molecular weight excluding hydrogens is 1990 g/mol. The number of hydrogen-bond donors (Lipinski definition) is 5. The Labute approximate surface area is 871 Å². The van der Waals surface area contributed by atoms with Crippen molar-refractivity contribution in [3.05, 3.63) is 225 Å². The summed E-state index contributed by atoms with van der Waals surface area (Å²) < 4.78 is 86.4. The van der Waals surface area contributed by atoms with E-state index in [1.54, 1.807) is 51.9 Å². The van der Waals surface area contributed by atoms with Crippen LogP contribution in [0.1, 0.15) is 176 Å². The van der Waals surface area contributed by atoms with Gasteiger partial charge in [-0.1, -0.05) is 159 Å². The molecule has 6 atom stereocenters. The Hall–Kier alpha value is -15.4. The summed E-state index contributed by atoms with van der Waals surface area (Å²) in [6.07, 6.45) is 24.3. The number of nitriles is 4. The van der Waals surface area contributed by atoms with Crippen molar-refractivity contribution in [1.82, 2.24) is 96.1 Å². The fourth-order valence-electron chi connectivity index (χ4n) is 18.6. The molecule has 2 bridgehead atoms. The Morgan fingerprint density at radius 2 is 0.893 bits per heavy atom. The third kappa shape index (κ3) is 30.7. The zero-order valence-electron chi connectivity index (χ0n) is 81.7. The van der Waals surface area contributed by atoms with Crippen molar-refractivity contribution in [3.63, 3.8) is 0 Å². The molecule has 6 fully saturated rings. The number of hydrogen-bond acceptors (Lipinski definition) is 35. The summed E-state index contributed by atoms with van der Waals surface area (Å²) in [5.41, 5.74) is 4.65. The molecule has 5 N–H and O–H groups in total. The van der Waals surface area contributed by atoms with Crippen LogP contribution in [0, 0.1) is 120 Å². The Bertz CT molecular complexity index is 6200. The number of Topliss-reactive ketones (excluding diaryl/α,β-unsaturated/α-hetero) is 1. The van der Waals surface area contributed by atoms with Crippen LogP contribution < -0.4 is 44.3 Å². The number of ether oxygens (including phenoxy) is 4. The lowest BCUT2D eigenvalue weighted by atomic mass is 9.67. The fourth-order valence-corrected chi connectivity index (χ4v) is 19.0. The topological polar surface area (TPSA) is 525 Å². The highest BCUT2D eigenvalue weighted by Gasteiger charge is 2.63. The van der Waals surface area contributed by atoms with Crippen LogP contribution >= 0.6 is 34.8 Å². The molecule has 40 nitrogen and oxygen atoms in total. The number of fused-ring (bicyclic) bond motifs is 2. The summed E-state index contributed by atoms with van der Waals surface area (Å²) in [6, 6.07) is 46.1. The molecule has 0 radical (unpaired) electrons. The first-order valence-corrected chi connectivity index (χ1v) is 49.3. The van der Waals surface area contributed by atoms with Gasteiger partial charge in [-0.15, -0.1) is 10.2 Å². The fraction of sp³-hybridized carbons (Fsp3) is 0.426. The largest absolute Gasteiger partial charge is 0.467 e. The van der Waals surface area contributed by atoms with E-state index in [9.17, 15) is 45.9 Å².